The molecule has 0 aliphatic carbocycles. The Labute approximate surface area is 171 Å². The van der Waals surface area contributed by atoms with Crippen molar-refractivity contribution in [3.8, 4) is 0 Å². The van der Waals surface area contributed by atoms with E-state index in [0.29, 0.717) is 31.6 Å². The van der Waals surface area contributed by atoms with Crippen LogP contribution in [0.3, 0.4) is 0 Å². The van der Waals surface area contributed by atoms with E-state index in [1.807, 2.05) is 37.3 Å². The van der Waals surface area contributed by atoms with Gasteiger partial charge in [-0.05, 0) is 46.6 Å². The predicted molar refractivity (Wildman–Crippen MR) is 118 cm³/mol. The lowest BCUT2D eigenvalue weighted by molar-refractivity contribution is -0.121. The van der Waals surface area contributed by atoms with E-state index in [1.54, 1.807) is 0 Å². The number of aliphatic imine (C=N–C) groups is 1. The number of carbonyl (C=O) groups is 1. The van der Waals surface area contributed by atoms with Crippen LogP contribution < -0.4 is 16.0 Å². The van der Waals surface area contributed by atoms with E-state index in [4.69, 9.17) is 0 Å². The molecule has 0 heterocycles. The van der Waals surface area contributed by atoms with Gasteiger partial charge in [-0.15, -0.1) is 0 Å². The number of amides is 1. The number of guanidine groups is 1. The minimum Gasteiger partial charge on any atom is -0.357 e. The highest BCUT2D eigenvalue weighted by Crippen LogP contribution is 2.05. The normalized spacial score (nSPS) is 11.9. The second-order valence-electron chi connectivity index (χ2n) is 7.48. The first-order valence-electron chi connectivity index (χ1n) is 10.5. The van der Waals surface area contributed by atoms with Crippen LogP contribution >= 0.6 is 0 Å². The molecule has 0 fully saturated rings. The van der Waals surface area contributed by atoms with E-state index in [-0.39, 0.29) is 5.91 Å². The van der Waals surface area contributed by atoms with E-state index in [1.165, 1.54) is 0 Å². The maximum absolute atomic E-state index is 12.0. The average molecular weight is 390 g/mol. The molecule has 0 aliphatic heterocycles. The third kappa shape index (κ3) is 10.3. The molecule has 0 radical (unpaired) electrons. The van der Waals surface area contributed by atoms with Gasteiger partial charge in [0.05, 0.1) is 0 Å². The summed E-state index contributed by atoms with van der Waals surface area (Å²) in [5.74, 6) is 0.815. The molecule has 0 spiro atoms. The predicted octanol–water partition coefficient (Wildman–Crippen LogP) is 2.76. The van der Waals surface area contributed by atoms with Gasteiger partial charge >= 0.3 is 0 Å². The van der Waals surface area contributed by atoms with Gasteiger partial charge in [0.2, 0.25) is 5.91 Å². The van der Waals surface area contributed by atoms with Crippen molar-refractivity contribution >= 4 is 11.9 Å². The zero-order chi connectivity index (χ0) is 20.8. The summed E-state index contributed by atoms with van der Waals surface area (Å²) >= 11 is 0. The Hall–Kier alpha value is -2.08. The molecule has 28 heavy (non-hydrogen) atoms. The van der Waals surface area contributed by atoms with Crippen molar-refractivity contribution in [1.29, 1.82) is 0 Å². The quantitative estimate of drug-likeness (QED) is 0.292. The van der Waals surface area contributed by atoms with Crippen LogP contribution in [0.15, 0.2) is 35.3 Å². The van der Waals surface area contributed by atoms with E-state index >= 15 is 0 Å². The van der Waals surface area contributed by atoms with Crippen molar-refractivity contribution in [2.24, 2.45) is 4.99 Å². The summed E-state index contributed by atoms with van der Waals surface area (Å²) in [6, 6.07) is 11.0. The fourth-order valence-corrected chi connectivity index (χ4v) is 3.08. The van der Waals surface area contributed by atoms with Gasteiger partial charge in [-0.2, -0.15) is 0 Å². The Bertz CT molecular complexity index is 564. The SMILES string of the molecule is CCNC(=NCCCN(C(C)C)C(C)C)NCCC(=O)NCc1ccccc1. The molecule has 0 unspecified atom stereocenters. The maximum atomic E-state index is 12.0. The fraction of sp³-hybridized carbons (Fsp3) is 0.636. The van der Waals surface area contributed by atoms with Crippen LogP contribution in [0.25, 0.3) is 0 Å². The van der Waals surface area contributed by atoms with Crippen molar-refractivity contribution in [2.45, 2.75) is 66.1 Å². The van der Waals surface area contributed by atoms with Gasteiger partial charge < -0.3 is 16.0 Å². The van der Waals surface area contributed by atoms with Gasteiger partial charge in [0.15, 0.2) is 5.96 Å². The van der Waals surface area contributed by atoms with Crippen LogP contribution in [0, 0.1) is 0 Å². The molecule has 1 aromatic rings. The Balaban J connectivity index is 2.30. The number of hydrogen-bond donors (Lipinski definition) is 3. The van der Waals surface area contributed by atoms with E-state index in [9.17, 15) is 4.79 Å². The minimum atomic E-state index is 0.0386. The molecule has 1 aromatic carbocycles. The van der Waals surface area contributed by atoms with Crippen molar-refractivity contribution in [2.75, 3.05) is 26.2 Å². The number of nitrogens with zero attached hydrogens (tertiary/aromatic N) is 2. The third-order valence-electron chi connectivity index (χ3n) is 4.49. The molecule has 0 saturated carbocycles. The van der Waals surface area contributed by atoms with E-state index < -0.39 is 0 Å². The van der Waals surface area contributed by atoms with Crippen LogP contribution in [0.4, 0.5) is 0 Å². The number of carbonyl (C=O) groups excluding carboxylic acids is 1. The highest BCUT2D eigenvalue weighted by Gasteiger charge is 2.12. The summed E-state index contributed by atoms with van der Waals surface area (Å²) in [4.78, 5) is 19.1. The molecule has 0 saturated heterocycles. The van der Waals surface area contributed by atoms with Gasteiger partial charge in [0.25, 0.3) is 0 Å². The Morgan fingerprint density at radius 1 is 1.04 bits per heavy atom. The lowest BCUT2D eigenvalue weighted by Crippen LogP contribution is -2.40. The second-order valence-corrected chi connectivity index (χ2v) is 7.48. The molecule has 0 atom stereocenters. The van der Waals surface area contributed by atoms with Crippen LogP contribution in [-0.2, 0) is 11.3 Å². The molecule has 6 nitrogen and oxygen atoms in total. The Kier molecular flexibility index (Phi) is 12.0. The van der Waals surface area contributed by atoms with Gasteiger partial charge in [-0.25, -0.2) is 0 Å². The molecule has 6 heteroatoms. The topological polar surface area (TPSA) is 68.8 Å². The largest absolute Gasteiger partial charge is 0.357 e. The van der Waals surface area contributed by atoms with E-state index in [2.05, 4.69) is 53.5 Å². The molecule has 0 bridgehead atoms. The average Bonchev–Trinajstić information content (AvgIpc) is 2.66. The van der Waals surface area contributed by atoms with Gasteiger partial charge in [-0.1, -0.05) is 30.3 Å². The Morgan fingerprint density at radius 2 is 1.71 bits per heavy atom. The number of benzene rings is 1. The van der Waals surface area contributed by atoms with Crippen LogP contribution in [0.1, 0.15) is 53.0 Å². The standard InChI is InChI=1S/C22H39N5O/c1-6-23-22(24-14-10-16-27(18(2)3)19(4)5)25-15-13-21(28)26-17-20-11-8-7-9-12-20/h7-9,11-12,18-19H,6,10,13-17H2,1-5H3,(H,26,28)(H2,23,24,25). The summed E-state index contributed by atoms with van der Waals surface area (Å²) in [7, 11) is 0. The van der Waals surface area contributed by atoms with Crippen molar-refractivity contribution in [3.05, 3.63) is 35.9 Å². The Morgan fingerprint density at radius 3 is 2.32 bits per heavy atom. The summed E-state index contributed by atoms with van der Waals surface area (Å²) < 4.78 is 0. The first-order valence-corrected chi connectivity index (χ1v) is 10.5. The van der Waals surface area contributed by atoms with Gasteiger partial charge in [0, 0.05) is 51.2 Å². The third-order valence-corrected chi connectivity index (χ3v) is 4.49. The zero-order valence-electron chi connectivity index (χ0n) is 18.3. The van der Waals surface area contributed by atoms with E-state index in [0.717, 1.165) is 37.6 Å². The van der Waals surface area contributed by atoms with Gasteiger partial charge in [-0.3, -0.25) is 14.7 Å². The van der Waals surface area contributed by atoms with Crippen LogP contribution in [0.2, 0.25) is 0 Å². The number of nitrogens with one attached hydrogen (secondary N) is 3. The highest BCUT2D eigenvalue weighted by molar-refractivity contribution is 5.81. The molecule has 0 aromatic heterocycles. The monoisotopic (exact) mass is 389 g/mol. The fourth-order valence-electron chi connectivity index (χ4n) is 3.08. The highest BCUT2D eigenvalue weighted by atomic mass is 16.1. The van der Waals surface area contributed by atoms with Crippen molar-refractivity contribution in [1.82, 2.24) is 20.9 Å². The second kappa shape index (κ2) is 14.0. The van der Waals surface area contributed by atoms with Crippen molar-refractivity contribution in [3.63, 3.8) is 0 Å². The molecular weight excluding hydrogens is 350 g/mol. The molecule has 1 amide bonds. The summed E-state index contributed by atoms with van der Waals surface area (Å²) in [6.45, 7) is 14.7. The minimum absolute atomic E-state index is 0.0386. The van der Waals surface area contributed by atoms with Crippen LogP contribution in [0.5, 0.6) is 0 Å². The molecule has 3 N–H and O–H groups in total. The molecule has 158 valence electrons. The molecule has 0 aliphatic rings. The summed E-state index contributed by atoms with van der Waals surface area (Å²) in [6.07, 6.45) is 1.44. The van der Waals surface area contributed by atoms with Crippen molar-refractivity contribution < 1.29 is 4.79 Å². The first-order chi connectivity index (χ1) is 13.4. The lowest BCUT2D eigenvalue weighted by atomic mass is 10.2. The van der Waals surface area contributed by atoms with Gasteiger partial charge in [0.1, 0.15) is 0 Å². The molecular formula is C22H39N5O. The summed E-state index contributed by atoms with van der Waals surface area (Å²) in [5.41, 5.74) is 1.11. The molecule has 1 rings (SSSR count). The first kappa shape index (κ1) is 24.0. The number of rotatable bonds is 12. The summed E-state index contributed by atoms with van der Waals surface area (Å²) in [5, 5.41) is 9.44. The maximum Gasteiger partial charge on any atom is 0.222 e. The van der Waals surface area contributed by atoms with Crippen LogP contribution in [-0.4, -0.2) is 55.0 Å². The smallest absolute Gasteiger partial charge is 0.222 e. The number of hydrogen-bond acceptors (Lipinski definition) is 3. The lowest BCUT2D eigenvalue weighted by Gasteiger charge is -2.30. The zero-order valence-corrected chi connectivity index (χ0v) is 18.3.